The summed E-state index contributed by atoms with van der Waals surface area (Å²) in [5.41, 5.74) is 0.642. The van der Waals surface area contributed by atoms with E-state index in [0.29, 0.717) is 35.5 Å². The zero-order valence-corrected chi connectivity index (χ0v) is 14.1. The van der Waals surface area contributed by atoms with Crippen molar-refractivity contribution in [1.82, 2.24) is 8.87 Å². The van der Waals surface area contributed by atoms with Crippen molar-refractivity contribution in [2.45, 2.75) is 51.7 Å². The minimum Gasteiger partial charge on any atom is -0.390 e. The third kappa shape index (κ3) is 3.17. The molecule has 1 unspecified atom stereocenters. The first-order chi connectivity index (χ1) is 9.77. The van der Waals surface area contributed by atoms with Gasteiger partial charge in [-0.2, -0.15) is 4.31 Å². The summed E-state index contributed by atoms with van der Waals surface area (Å²) < 4.78 is 28.9. The molecule has 0 amide bonds. The molecule has 0 spiro atoms. The third-order valence-corrected chi connectivity index (χ3v) is 6.22. The molecule has 1 fully saturated rings. The topological polar surface area (TPSA) is 62.5 Å². The minimum atomic E-state index is -3.45. The minimum absolute atomic E-state index is 0.123. The van der Waals surface area contributed by atoms with Crippen LogP contribution in [0.25, 0.3) is 0 Å². The van der Waals surface area contributed by atoms with E-state index in [-0.39, 0.29) is 12.6 Å². The molecule has 1 aliphatic rings. The van der Waals surface area contributed by atoms with Gasteiger partial charge in [-0.1, -0.05) is 13.8 Å². The molecule has 6 heteroatoms. The van der Waals surface area contributed by atoms with Crippen LogP contribution in [-0.4, -0.2) is 35.5 Å². The van der Waals surface area contributed by atoms with Crippen LogP contribution in [-0.2, 0) is 16.6 Å². The summed E-state index contributed by atoms with van der Waals surface area (Å²) in [6.07, 6.45) is 2.57. The molecule has 5 nitrogen and oxygen atoms in total. The highest BCUT2D eigenvalue weighted by Gasteiger charge is 2.34. The summed E-state index contributed by atoms with van der Waals surface area (Å²) in [6, 6.07) is 1.72. The molecule has 1 atom stereocenters. The van der Waals surface area contributed by atoms with Crippen LogP contribution in [0.4, 0.5) is 0 Å². The van der Waals surface area contributed by atoms with Crippen LogP contribution in [0.1, 0.15) is 45.9 Å². The second-order valence-corrected chi connectivity index (χ2v) is 8.42. The number of sulfonamides is 1. The van der Waals surface area contributed by atoms with Gasteiger partial charge in [-0.25, -0.2) is 8.42 Å². The maximum atomic E-state index is 12.7. The molecule has 0 bridgehead atoms. The zero-order valence-electron chi connectivity index (χ0n) is 13.3. The molecule has 0 aromatic carbocycles. The number of aromatic nitrogens is 1. The van der Waals surface area contributed by atoms with E-state index in [2.05, 4.69) is 13.8 Å². The first-order valence-electron chi connectivity index (χ1n) is 7.59. The van der Waals surface area contributed by atoms with Gasteiger partial charge in [-0.3, -0.25) is 0 Å². The summed E-state index contributed by atoms with van der Waals surface area (Å²) in [5, 5.41) is 9.40. The predicted molar refractivity (Wildman–Crippen MR) is 82.4 cm³/mol. The van der Waals surface area contributed by atoms with Crippen LogP contribution in [0.15, 0.2) is 17.2 Å². The lowest BCUT2D eigenvalue weighted by Gasteiger charge is -2.17. The first kappa shape index (κ1) is 16.5. The van der Waals surface area contributed by atoms with Crippen LogP contribution in [0, 0.1) is 11.8 Å². The van der Waals surface area contributed by atoms with Crippen molar-refractivity contribution in [2.75, 3.05) is 13.1 Å². The molecule has 0 saturated carbocycles. The van der Waals surface area contributed by atoms with Crippen molar-refractivity contribution in [1.29, 1.82) is 0 Å². The Hall–Kier alpha value is -0.850. The van der Waals surface area contributed by atoms with Crippen molar-refractivity contribution < 1.29 is 13.5 Å². The van der Waals surface area contributed by atoms with E-state index < -0.39 is 10.0 Å². The van der Waals surface area contributed by atoms with Crippen LogP contribution < -0.4 is 0 Å². The lowest BCUT2D eigenvalue weighted by Crippen LogP contribution is -2.29. The largest absolute Gasteiger partial charge is 0.390 e. The molecule has 0 aliphatic carbocycles. The highest BCUT2D eigenvalue weighted by Crippen LogP contribution is 2.30. The van der Waals surface area contributed by atoms with Gasteiger partial charge < -0.3 is 9.67 Å². The normalized spacial score (nSPS) is 20.8. The van der Waals surface area contributed by atoms with Gasteiger partial charge in [0.25, 0.3) is 0 Å². The highest BCUT2D eigenvalue weighted by molar-refractivity contribution is 7.89. The lowest BCUT2D eigenvalue weighted by atomic mass is 9.96. The molecule has 1 N–H and O–H groups in total. The number of aliphatic hydroxyl groups is 1. The van der Waals surface area contributed by atoms with Gasteiger partial charge in [0.05, 0.1) is 6.61 Å². The van der Waals surface area contributed by atoms with Gasteiger partial charge in [0.15, 0.2) is 0 Å². The molecule has 120 valence electrons. The number of nitrogens with zero attached hydrogens (tertiary/aromatic N) is 2. The SMILES string of the molecule is CC(C)C1CCN(S(=O)(=O)c2cc(CO)n(C(C)C)c2)C1. The van der Waals surface area contributed by atoms with Crippen LogP contribution in [0.2, 0.25) is 0 Å². The van der Waals surface area contributed by atoms with Crippen molar-refractivity contribution in [3.63, 3.8) is 0 Å². The number of hydrogen-bond acceptors (Lipinski definition) is 3. The van der Waals surface area contributed by atoms with Gasteiger partial charge in [0, 0.05) is 31.0 Å². The number of hydrogen-bond donors (Lipinski definition) is 1. The van der Waals surface area contributed by atoms with E-state index in [1.165, 1.54) is 0 Å². The van der Waals surface area contributed by atoms with E-state index in [1.54, 1.807) is 16.6 Å². The Labute approximate surface area is 127 Å². The summed E-state index contributed by atoms with van der Waals surface area (Å²) in [4.78, 5) is 0.296. The molecule has 1 aromatic rings. The van der Waals surface area contributed by atoms with Crippen LogP contribution >= 0.6 is 0 Å². The zero-order chi connectivity index (χ0) is 15.8. The fourth-order valence-electron chi connectivity index (χ4n) is 2.91. The van der Waals surface area contributed by atoms with E-state index >= 15 is 0 Å². The molecule has 2 rings (SSSR count). The van der Waals surface area contributed by atoms with Gasteiger partial charge in [0.2, 0.25) is 10.0 Å². The summed E-state index contributed by atoms with van der Waals surface area (Å²) >= 11 is 0. The molecule has 1 aromatic heterocycles. The van der Waals surface area contributed by atoms with Crippen molar-refractivity contribution >= 4 is 10.0 Å². The van der Waals surface area contributed by atoms with Crippen LogP contribution in [0.5, 0.6) is 0 Å². The van der Waals surface area contributed by atoms with Crippen molar-refractivity contribution in [3.05, 3.63) is 18.0 Å². The molecule has 1 saturated heterocycles. The molecule has 2 heterocycles. The summed E-state index contributed by atoms with van der Waals surface area (Å²) in [5.74, 6) is 0.933. The Morgan fingerprint density at radius 2 is 2.00 bits per heavy atom. The number of rotatable bonds is 5. The summed E-state index contributed by atoms with van der Waals surface area (Å²) in [7, 11) is -3.45. The Kier molecular flexibility index (Phi) is 4.80. The van der Waals surface area contributed by atoms with E-state index in [4.69, 9.17) is 0 Å². The second-order valence-electron chi connectivity index (χ2n) is 6.48. The molecule has 0 radical (unpaired) electrons. The van der Waals surface area contributed by atoms with Gasteiger partial charge in [-0.15, -0.1) is 0 Å². The molecule has 1 aliphatic heterocycles. The Morgan fingerprint density at radius 1 is 1.33 bits per heavy atom. The van der Waals surface area contributed by atoms with E-state index in [0.717, 1.165) is 6.42 Å². The standard InChI is InChI=1S/C15H26N2O3S/c1-11(2)13-5-6-16(8-13)21(19,20)15-7-14(10-18)17(9-15)12(3)4/h7,9,11-13,18H,5-6,8,10H2,1-4H3. The lowest BCUT2D eigenvalue weighted by molar-refractivity contribution is 0.268. The summed E-state index contributed by atoms with van der Waals surface area (Å²) in [6.45, 7) is 9.26. The van der Waals surface area contributed by atoms with Gasteiger partial charge in [-0.05, 0) is 38.2 Å². The second kappa shape index (κ2) is 6.10. The average Bonchev–Trinajstić information content (AvgIpc) is 3.06. The first-order valence-corrected chi connectivity index (χ1v) is 9.03. The highest BCUT2D eigenvalue weighted by atomic mass is 32.2. The van der Waals surface area contributed by atoms with E-state index in [9.17, 15) is 13.5 Å². The quantitative estimate of drug-likeness (QED) is 0.906. The van der Waals surface area contributed by atoms with Crippen molar-refractivity contribution in [3.8, 4) is 0 Å². The monoisotopic (exact) mass is 314 g/mol. The molecule has 21 heavy (non-hydrogen) atoms. The number of aliphatic hydroxyl groups excluding tert-OH is 1. The van der Waals surface area contributed by atoms with Crippen LogP contribution in [0.3, 0.4) is 0 Å². The maximum absolute atomic E-state index is 12.7. The third-order valence-electron chi connectivity index (χ3n) is 4.39. The Morgan fingerprint density at radius 3 is 2.43 bits per heavy atom. The van der Waals surface area contributed by atoms with Gasteiger partial charge in [0.1, 0.15) is 4.90 Å². The average molecular weight is 314 g/mol. The molecular formula is C15H26N2O3S. The fourth-order valence-corrected chi connectivity index (χ4v) is 4.47. The van der Waals surface area contributed by atoms with Crippen molar-refractivity contribution in [2.24, 2.45) is 11.8 Å². The fraction of sp³-hybridized carbons (Fsp3) is 0.733. The Balaban J connectivity index is 2.28. The van der Waals surface area contributed by atoms with Gasteiger partial charge >= 0.3 is 0 Å². The Bertz CT molecular complexity index is 590. The molecular weight excluding hydrogens is 288 g/mol. The smallest absolute Gasteiger partial charge is 0.244 e. The maximum Gasteiger partial charge on any atom is 0.244 e. The van der Waals surface area contributed by atoms with E-state index in [1.807, 2.05) is 18.4 Å². The predicted octanol–water partition coefficient (Wildman–Crippen LogP) is 2.23.